The van der Waals surface area contributed by atoms with E-state index in [0.717, 1.165) is 16.8 Å². The molecule has 2 heterocycles. The predicted octanol–water partition coefficient (Wildman–Crippen LogP) is 5.30. The highest BCUT2D eigenvalue weighted by molar-refractivity contribution is 7.92. The second kappa shape index (κ2) is 9.72. The summed E-state index contributed by atoms with van der Waals surface area (Å²) in [6.07, 6.45) is 0.321. The number of pyridine rings is 1. The van der Waals surface area contributed by atoms with E-state index in [9.17, 15) is 13.2 Å². The molecule has 0 radical (unpaired) electrons. The molecule has 7 heteroatoms. The number of ether oxygens (including phenoxy) is 2. The zero-order chi connectivity index (χ0) is 26.2. The summed E-state index contributed by atoms with van der Waals surface area (Å²) >= 11 is 0. The summed E-state index contributed by atoms with van der Waals surface area (Å²) in [5.41, 5.74) is 2.43. The number of sulfone groups is 1. The molecule has 1 aliphatic heterocycles. The van der Waals surface area contributed by atoms with Gasteiger partial charge in [0.1, 0.15) is 11.5 Å². The first kappa shape index (κ1) is 25.1. The summed E-state index contributed by atoms with van der Waals surface area (Å²) in [5.74, 6) is -0.775. The summed E-state index contributed by atoms with van der Waals surface area (Å²) in [4.78, 5) is 18.7. The molecule has 0 N–H and O–H groups in total. The molecule has 1 fully saturated rings. The minimum absolute atomic E-state index is 0.0668. The number of hydrogen-bond donors (Lipinski definition) is 0. The van der Waals surface area contributed by atoms with Crippen LogP contribution in [0.3, 0.4) is 0 Å². The Hall–Kier alpha value is -3.55. The van der Waals surface area contributed by atoms with Crippen LogP contribution in [-0.2, 0) is 25.0 Å². The van der Waals surface area contributed by atoms with E-state index in [1.165, 1.54) is 13.2 Å². The molecule has 1 saturated heterocycles. The fourth-order valence-electron chi connectivity index (χ4n) is 5.18. The van der Waals surface area contributed by atoms with E-state index >= 15 is 0 Å². The van der Waals surface area contributed by atoms with Gasteiger partial charge in [-0.25, -0.2) is 8.42 Å². The lowest BCUT2D eigenvalue weighted by molar-refractivity contribution is -0.137. The van der Waals surface area contributed by atoms with Gasteiger partial charge in [-0.15, -0.1) is 0 Å². The third-order valence-electron chi connectivity index (χ3n) is 7.06. The standard InChI is InChI=1S/C30H29NO5S/c1-20-12-15-27(35-3)25(16-20)30(17-23(18-36-30)22-8-5-4-6-9-22)29(32)19-37(33,34)28-11-7-10-26-24(28)14-13-21(2)31-26/h4-16,23H,17-19H2,1-3H3/t23-,30-/m0/s1. The van der Waals surface area contributed by atoms with Gasteiger partial charge in [-0.2, -0.15) is 0 Å². The monoisotopic (exact) mass is 515 g/mol. The topological polar surface area (TPSA) is 82.6 Å². The number of nitrogens with zero attached hydrogens (tertiary/aromatic N) is 1. The first-order valence-corrected chi connectivity index (χ1v) is 13.9. The molecule has 0 unspecified atom stereocenters. The van der Waals surface area contributed by atoms with Crippen LogP contribution in [0.5, 0.6) is 5.75 Å². The van der Waals surface area contributed by atoms with Crippen LogP contribution < -0.4 is 4.74 Å². The number of aryl methyl sites for hydroxylation is 2. The summed E-state index contributed by atoms with van der Waals surface area (Å²) in [5, 5.41) is 0.498. The van der Waals surface area contributed by atoms with Crippen LogP contribution in [0.25, 0.3) is 10.9 Å². The predicted molar refractivity (Wildman–Crippen MR) is 143 cm³/mol. The Balaban J connectivity index is 1.58. The van der Waals surface area contributed by atoms with E-state index in [2.05, 4.69) is 4.98 Å². The van der Waals surface area contributed by atoms with Gasteiger partial charge in [-0.3, -0.25) is 9.78 Å². The van der Waals surface area contributed by atoms with Crippen molar-refractivity contribution in [3.05, 3.63) is 101 Å². The number of Topliss-reactive ketones (excluding diaryl/α,β-unsaturated/α-hetero) is 1. The number of aromatic nitrogens is 1. The second-order valence-electron chi connectivity index (χ2n) is 9.61. The molecule has 5 rings (SSSR count). The van der Waals surface area contributed by atoms with Gasteiger partial charge < -0.3 is 9.47 Å². The zero-order valence-corrected chi connectivity index (χ0v) is 21.9. The Morgan fingerprint density at radius 3 is 2.57 bits per heavy atom. The molecule has 0 bridgehead atoms. The van der Waals surface area contributed by atoms with E-state index in [-0.39, 0.29) is 10.8 Å². The number of hydrogen-bond acceptors (Lipinski definition) is 6. The number of methoxy groups -OCH3 is 1. The maximum atomic E-state index is 14.1. The third-order valence-corrected chi connectivity index (χ3v) is 8.73. The van der Waals surface area contributed by atoms with Gasteiger partial charge in [0.15, 0.2) is 21.2 Å². The highest BCUT2D eigenvalue weighted by Crippen LogP contribution is 2.47. The zero-order valence-electron chi connectivity index (χ0n) is 21.1. The first-order valence-electron chi connectivity index (χ1n) is 12.2. The number of carbonyl (C=O) groups is 1. The molecule has 6 nitrogen and oxygen atoms in total. The molecule has 1 aromatic heterocycles. The molecule has 190 valence electrons. The Morgan fingerprint density at radius 1 is 1.03 bits per heavy atom. The Bertz CT molecular complexity index is 1580. The van der Waals surface area contributed by atoms with Crippen molar-refractivity contribution in [3.8, 4) is 5.75 Å². The fourth-order valence-corrected chi connectivity index (χ4v) is 6.71. The number of fused-ring (bicyclic) bond motifs is 1. The fraction of sp³-hybridized carbons (Fsp3) is 0.267. The Labute approximate surface area is 217 Å². The largest absolute Gasteiger partial charge is 0.496 e. The number of rotatable bonds is 7. The van der Waals surface area contributed by atoms with Crippen molar-refractivity contribution < 1.29 is 22.7 Å². The molecular weight excluding hydrogens is 486 g/mol. The second-order valence-corrected chi connectivity index (χ2v) is 11.6. The molecule has 37 heavy (non-hydrogen) atoms. The van der Waals surface area contributed by atoms with Crippen LogP contribution in [0, 0.1) is 13.8 Å². The molecule has 1 aliphatic rings. The van der Waals surface area contributed by atoms with Crippen LogP contribution in [0.1, 0.15) is 34.7 Å². The molecule has 0 saturated carbocycles. The lowest BCUT2D eigenvalue weighted by atomic mass is 9.81. The first-order chi connectivity index (χ1) is 17.7. The van der Waals surface area contributed by atoms with Crippen molar-refractivity contribution in [2.75, 3.05) is 19.5 Å². The Kier molecular flexibility index (Phi) is 6.60. The molecule has 0 spiro atoms. The van der Waals surface area contributed by atoms with Crippen molar-refractivity contribution in [1.82, 2.24) is 4.98 Å². The van der Waals surface area contributed by atoms with Crippen LogP contribution in [0.4, 0.5) is 0 Å². The van der Waals surface area contributed by atoms with Crippen LogP contribution in [0.2, 0.25) is 0 Å². The van der Waals surface area contributed by atoms with Gasteiger partial charge in [-0.1, -0.05) is 48.0 Å². The van der Waals surface area contributed by atoms with Crippen molar-refractivity contribution in [1.29, 1.82) is 0 Å². The summed E-state index contributed by atoms with van der Waals surface area (Å²) in [6, 6.07) is 23.9. The normalized spacial score (nSPS) is 19.7. The van der Waals surface area contributed by atoms with Crippen molar-refractivity contribution >= 4 is 26.5 Å². The number of ketones is 1. The third kappa shape index (κ3) is 4.65. The van der Waals surface area contributed by atoms with Crippen LogP contribution in [-0.4, -0.2) is 38.7 Å². The minimum Gasteiger partial charge on any atom is -0.496 e. The average Bonchev–Trinajstić information content (AvgIpc) is 3.35. The SMILES string of the molecule is COc1ccc(C)cc1[C@]1(C(=O)CS(=O)(=O)c2cccc3nc(C)ccc23)C[C@H](c2ccccc2)CO1. The lowest BCUT2D eigenvalue weighted by Gasteiger charge is -2.29. The van der Waals surface area contributed by atoms with Crippen LogP contribution in [0.15, 0.2) is 83.8 Å². The maximum Gasteiger partial charge on any atom is 0.186 e. The van der Waals surface area contributed by atoms with E-state index in [0.29, 0.717) is 35.2 Å². The van der Waals surface area contributed by atoms with Gasteiger partial charge >= 0.3 is 0 Å². The highest BCUT2D eigenvalue weighted by Gasteiger charge is 2.51. The summed E-state index contributed by atoms with van der Waals surface area (Å²) in [7, 11) is -2.47. The van der Waals surface area contributed by atoms with Gasteiger partial charge in [0.25, 0.3) is 0 Å². The quantitative estimate of drug-likeness (QED) is 0.332. The minimum atomic E-state index is -4.00. The molecular formula is C30H29NO5S. The molecule has 0 aliphatic carbocycles. The van der Waals surface area contributed by atoms with Crippen molar-refractivity contribution in [2.24, 2.45) is 0 Å². The number of benzene rings is 3. The summed E-state index contributed by atoms with van der Waals surface area (Å²) in [6.45, 7) is 4.07. The van der Waals surface area contributed by atoms with E-state index < -0.39 is 27.0 Å². The molecule has 2 atom stereocenters. The van der Waals surface area contributed by atoms with E-state index in [1.54, 1.807) is 30.3 Å². The van der Waals surface area contributed by atoms with Crippen molar-refractivity contribution in [2.45, 2.75) is 36.7 Å². The van der Waals surface area contributed by atoms with Crippen molar-refractivity contribution in [3.63, 3.8) is 0 Å². The number of carbonyl (C=O) groups excluding carboxylic acids is 1. The lowest BCUT2D eigenvalue weighted by Crippen LogP contribution is -2.40. The maximum absolute atomic E-state index is 14.1. The van der Waals surface area contributed by atoms with Gasteiger partial charge in [-0.05, 0) is 62.2 Å². The highest BCUT2D eigenvalue weighted by atomic mass is 32.2. The van der Waals surface area contributed by atoms with E-state index in [4.69, 9.17) is 9.47 Å². The summed E-state index contributed by atoms with van der Waals surface area (Å²) < 4.78 is 39.4. The van der Waals surface area contributed by atoms with E-state index in [1.807, 2.05) is 56.3 Å². The molecule has 4 aromatic rings. The van der Waals surface area contributed by atoms with Crippen LogP contribution >= 0.6 is 0 Å². The Morgan fingerprint density at radius 2 is 1.81 bits per heavy atom. The molecule has 0 amide bonds. The smallest absolute Gasteiger partial charge is 0.186 e. The molecule has 3 aromatic carbocycles. The van der Waals surface area contributed by atoms with Gasteiger partial charge in [0.2, 0.25) is 0 Å². The van der Waals surface area contributed by atoms with Gasteiger partial charge in [0.05, 0.1) is 24.1 Å². The van der Waals surface area contributed by atoms with Gasteiger partial charge in [0, 0.05) is 22.6 Å². The average molecular weight is 516 g/mol.